The van der Waals surface area contributed by atoms with Crippen molar-refractivity contribution in [2.75, 3.05) is 13.7 Å². The molecule has 0 bridgehead atoms. The van der Waals surface area contributed by atoms with Gasteiger partial charge in [0.15, 0.2) is 10.6 Å². The van der Waals surface area contributed by atoms with E-state index >= 15 is 0 Å². The fraction of sp³-hybridized carbons (Fsp3) is 0.462. The van der Waals surface area contributed by atoms with Crippen molar-refractivity contribution in [1.29, 1.82) is 0 Å². The Bertz CT molecular complexity index is 714. The van der Waals surface area contributed by atoms with E-state index in [4.69, 9.17) is 17.0 Å². The number of ether oxygens (including phenoxy) is 1. The first kappa shape index (κ1) is 14.7. The maximum absolute atomic E-state index is 12.6. The van der Waals surface area contributed by atoms with E-state index in [0.717, 1.165) is 5.69 Å². The van der Waals surface area contributed by atoms with Gasteiger partial charge in [-0.15, -0.1) is 0 Å². The van der Waals surface area contributed by atoms with Crippen LogP contribution in [0.5, 0.6) is 0 Å². The summed E-state index contributed by atoms with van der Waals surface area (Å²) in [5, 5.41) is 6.90. The Kier molecular flexibility index (Phi) is 4.51. The van der Waals surface area contributed by atoms with Gasteiger partial charge in [-0.25, -0.2) is 0 Å². The Morgan fingerprint density at radius 3 is 2.80 bits per heavy atom. The fourth-order valence-corrected chi connectivity index (χ4v) is 2.38. The molecule has 20 heavy (non-hydrogen) atoms. The molecule has 108 valence electrons. The van der Waals surface area contributed by atoms with Gasteiger partial charge in [0.05, 0.1) is 12.2 Å². The lowest BCUT2D eigenvalue weighted by Gasteiger charge is -2.11. The maximum atomic E-state index is 12.6. The number of hydrogen-bond donors (Lipinski definition) is 1. The molecular formula is C13H18N4O2S. The van der Waals surface area contributed by atoms with Gasteiger partial charge in [-0.05, 0) is 38.2 Å². The number of H-pyrrole nitrogens is 1. The molecule has 0 saturated heterocycles. The molecule has 0 aliphatic rings. The Balaban J connectivity index is 2.58. The van der Waals surface area contributed by atoms with Crippen molar-refractivity contribution in [2.24, 2.45) is 0 Å². The molecule has 0 unspecified atom stereocenters. The van der Waals surface area contributed by atoms with Crippen molar-refractivity contribution in [3.63, 3.8) is 0 Å². The van der Waals surface area contributed by atoms with Crippen LogP contribution in [0.3, 0.4) is 0 Å². The van der Waals surface area contributed by atoms with Crippen LogP contribution in [0.4, 0.5) is 0 Å². The van der Waals surface area contributed by atoms with Crippen LogP contribution in [-0.4, -0.2) is 33.0 Å². The van der Waals surface area contributed by atoms with Crippen LogP contribution < -0.4 is 5.56 Å². The number of aryl methyl sites for hydroxylation is 1. The summed E-state index contributed by atoms with van der Waals surface area (Å²) in [4.78, 5) is 12.6. The lowest BCUT2D eigenvalue weighted by Crippen LogP contribution is -2.26. The Hall–Kier alpha value is -1.73. The fourth-order valence-electron chi connectivity index (χ4n) is 2.12. The van der Waals surface area contributed by atoms with E-state index in [1.165, 1.54) is 0 Å². The zero-order valence-electron chi connectivity index (χ0n) is 11.8. The predicted octanol–water partition coefficient (Wildman–Crippen LogP) is 1.74. The van der Waals surface area contributed by atoms with Gasteiger partial charge >= 0.3 is 0 Å². The first-order valence-electron chi connectivity index (χ1n) is 6.45. The van der Waals surface area contributed by atoms with Crippen LogP contribution in [0.1, 0.15) is 12.6 Å². The van der Waals surface area contributed by atoms with Gasteiger partial charge in [-0.3, -0.25) is 9.89 Å². The highest BCUT2D eigenvalue weighted by atomic mass is 32.1. The van der Waals surface area contributed by atoms with Crippen molar-refractivity contribution in [2.45, 2.75) is 26.9 Å². The number of pyridine rings is 1. The van der Waals surface area contributed by atoms with E-state index in [9.17, 15) is 4.79 Å². The maximum Gasteiger partial charge on any atom is 0.261 e. The average Bonchev–Trinajstić information content (AvgIpc) is 2.79. The van der Waals surface area contributed by atoms with Crippen LogP contribution in [0, 0.1) is 11.7 Å². The van der Waals surface area contributed by atoms with E-state index < -0.39 is 0 Å². The van der Waals surface area contributed by atoms with Crippen LogP contribution in [0.15, 0.2) is 16.9 Å². The number of nitrogens with zero attached hydrogens (tertiary/aromatic N) is 3. The number of aromatic amines is 1. The van der Waals surface area contributed by atoms with Crippen molar-refractivity contribution in [3.8, 4) is 11.4 Å². The molecule has 2 aromatic heterocycles. The normalized spacial score (nSPS) is 10.9. The standard InChI is InChI=1S/C13H18N4O2S/c1-4-16-11(14-15-13(16)20)10-6-5-9(2)17(12(10)18)7-8-19-3/h5-6H,4,7-8H2,1-3H3,(H,15,20). The topological polar surface area (TPSA) is 64.8 Å². The summed E-state index contributed by atoms with van der Waals surface area (Å²) in [6.45, 7) is 5.54. The summed E-state index contributed by atoms with van der Waals surface area (Å²) in [6, 6.07) is 3.70. The monoisotopic (exact) mass is 294 g/mol. The summed E-state index contributed by atoms with van der Waals surface area (Å²) in [7, 11) is 1.62. The minimum Gasteiger partial charge on any atom is -0.383 e. The molecule has 0 spiro atoms. The number of hydrogen-bond acceptors (Lipinski definition) is 4. The average molecular weight is 294 g/mol. The van der Waals surface area contributed by atoms with Crippen LogP contribution in [-0.2, 0) is 17.8 Å². The Labute approximate surface area is 122 Å². The van der Waals surface area contributed by atoms with Crippen molar-refractivity contribution < 1.29 is 4.74 Å². The Morgan fingerprint density at radius 2 is 2.15 bits per heavy atom. The summed E-state index contributed by atoms with van der Waals surface area (Å²) in [5.74, 6) is 0.577. The van der Waals surface area contributed by atoms with Gasteiger partial charge in [0, 0.05) is 25.9 Å². The van der Waals surface area contributed by atoms with Crippen LogP contribution >= 0.6 is 12.2 Å². The number of nitrogens with one attached hydrogen (secondary N) is 1. The summed E-state index contributed by atoms with van der Waals surface area (Å²) in [6.07, 6.45) is 0. The molecule has 0 fully saturated rings. The van der Waals surface area contributed by atoms with Gasteiger partial charge in [-0.2, -0.15) is 5.10 Å². The van der Waals surface area contributed by atoms with Crippen LogP contribution in [0.2, 0.25) is 0 Å². The number of rotatable bonds is 5. The second-order valence-electron chi connectivity index (χ2n) is 4.43. The molecule has 0 radical (unpaired) electrons. The predicted molar refractivity (Wildman–Crippen MR) is 79.4 cm³/mol. The van der Waals surface area contributed by atoms with Gasteiger partial charge < -0.3 is 13.9 Å². The van der Waals surface area contributed by atoms with E-state index in [0.29, 0.717) is 35.9 Å². The van der Waals surface area contributed by atoms with Crippen molar-refractivity contribution >= 4 is 12.2 Å². The number of aromatic nitrogens is 4. The van der Waals surface area contributed by atoms with Gasteiger partial charge in [0.1, 0.15) is 0 Å². The molecule has 0 amide bonds. The molecule has 1 N–H and O–H groups in total. The third-order valence-electron chi connectivity index (χ3n) is 3.23. The SMILES string of the molecule is CCn1c(-c2ccc(C)n(CCOC)c2=O)n[nH]c1=S. The zero-order valence-corrected chi connectivity index (χ0v) is 12.7. The van der Waals surface area contributed by atoms with Gasteiger partial charge in [0.2, 0.25) is 0 Å². The molecular weight excluding hydrogens is 276 g/mol. The molecule has 6 nitrogen and oxygen atoms in total. The summed E-state index contributed by atoms with van der Waals surface area (Å²) >= 11 is 5.16. The quantitative estimate of drug-likeness (QED) is 0.853. The molecule has 0 saturated carbocycles. The molecule has 0 aromatic carbocycles. The van der Waals surface area contributed by atoms with Crippen molar-refractivity contribution in [3.05, 3.63) is 33.0 Å². The minimum absolute atomic E-state index is 0.0780. The van der Waals surface area contributed by atoms with Gasteiger partial charge in [0.25, 0.3) is 5.56 Å². The van der Waals surface area contributed by atoms with E-state index in [-0.39, 0.29) is 5.56 Å². The molecule has 0 aliphatic heterocycles. The minimum atomic E-state index is -0.0780. The highest BCUT2D eigenvalue weighted by Crippen LogP contribution is 2.13. The highest BCUT2D eigenvalue weighted by molar-refractivity contribution is 7.71. The number of methoxy groups -OCH3 is 1. The third kappa shape index (κ3) is 2.59. The molecule has 7 heteroatoms. The first-order chi connectivity index (χ1) is 9.60. The highest BCUT2D eigenvalue weighted by Gasteiger charge is 2.14. The molecule has 2 rings (SSSR count). The second-order valence-corrected chi connectivity index (χ2v) is 4.82. The van der Waals surface area contributed by atoms with E-state index in [2.05, 4.69) is 10.2 Å². The lowest BCUT2D eigenvalue weighted by molar-refractivity contribution is 0.185. The molecule has 2 aromatic rings. The molecule has 0 aliphatic carbocycles. The van der Waals surface area contributed by atoms with Crippen LogP contribution in [0.25, 0.3) is 11.4 Å². The molecule has 0 atom stereocenters. The first-order valence-corrected chi connectivity index (χ1v) is 6.86. The van der Waals surface area contributed by atoms with Crippen molar-refractivity contribution in [1.82, 2.24) is 19.3 Å². The third-order valence-corrected chi connectivity index (χ3v) is 3.54. The largest absolute Gasteiger partial charge is 0.383 e. The lowest BCUT2D eigenvalue weighted by atomic mass is 10.2. The summed E-state index contributed by atoms with van der Waals surface area (Å²) in [5.41, 5.74) is 1.36. The Morgan fingerprint density at radius 1 is 1.40 bits per heavy atom. The zero-order chi connectivity index (χ0) is 14.7. The van der Waals surface area contributed by atoms with E-state index in [1.807, 2.05) is 24.5 Å². The van der Waals surface area contributed by atoms with Gasteiger partial charge in [-0.1, -0.05) is 0 Å². The second kappa shape index (κ2) is 6.15. The molecule has 2 heterocycles. The van der Waals surface area contributed by atoms with E-state index in [1.54, 1.807) is 17.7 Å². The summed E-state index contributed by atoms with van der Waals surface area (Å²) < 4.78 is 9.06. The smallest absolute Gasteiger partial charge is 0.261 e.